The quantitative estimate of drug-likeness (QED) is 0.340. The van der Waals surface area contributed by atoms with Gasteiger partial charge in [0.1, 0.15) is 11.5 Å². The van der Waals surface area contributed by atoms with Crippen LogP contribution in [-0.4, -0.2) is 39.4 Å². The zero-order chi connectivity index (χ0) is 24.7. The molecular formula is C25H24FN5O3S. The van der Waals surface area contributed by atoms with Crippen LogP contribution in [0.4, 0.5) is 10.1 Å². The van der Waals surface area contributed by atoms with Gasteiger partial charge in [-0.25, -0.2) is 27.8 Å². The van der Waals surface area contributed by atoms with Gasteiger partial charge in [-0.05, 0) is 44.4 Å². The first kappa shape index (κ1) is 23.1. The molecule has 1 fully saturated rings. The summed E-state index contributed by atoms with van der Waals surface area (Å²) in [5.74, 6) is -0.233. The minimum absolute atomic E-state index is 0.228. The largest absolute Gasteiger partial charge is 0.345 e. The molecule has 8 nitrogen and oxygen atoms in total. The van der Waals surface area contributed by atoms with Crippen molar-refractivity contribution in [1.29, 1.82) is 0 Å². The fraction of sp³-hybridized carbons (Fsp3) is 0.280. The van der Waals surface area contributed by atoms with Crippen molar-refractivity contribution in [2.45, 2.75) is 44.3 Å². The first-order chi connectivity index (χ1) is 16.8. The van der Waals surface area contributed by atoms with Gasteiger partial charge in [-0.1, -0.05) is 13.0 Å². The van der Waals surface area contributed by atoms with E-state index in [0.29, 0.717) is 23.4 Å². The summed E-state index contributed by atoms with van der Waals surface area (Å²) in [7, 11) is -3.79. The van der Waals surface area contributed by atoms with E-state index in [-0.39, 0.29) is 16.8 Å². The zero-order valence-corrected chi connectivity index (χ0v) is 20.1. The third kappa shape index (κ3) is 4.41. The van der Waals surface area contributed by atoms with E-state index in [1.807, 2.05) is 0 Å². The van der Waals surface area contributed by atoms with Crippen molar-refractivity contribution < 1.29 is 17.6 Å². The highest BCUT2D eigenvalue weighted by atomic mass is 32.2. The van der Waals surface area contributed by atoms with E-state index in [4.69, 9.17) is 0 Å². The number of nitrogens with one attached hydrogen (secondary N) is 2. The maximum absolute atomic E-state index is 15.3. The van der Waals surface area contributed by atoms with Crippen molar-refractivity contribution in [1.82, 2.24) is 19.9 Å². The SMILES string of the molecule is CCC(C)S(=O)(=O)Nc1cccc(C(=O)c2c[nH]c3ncc(-c4cnc(C5CC5)nc4)cc23)c1F. The van der Waals surface area contributed by atoms with Crippen molar-refractivity contribution in [3.05, 3.63) is 71.8 Å². The number of anilines is 1. The molecule has 2 N–H and O–H groups in total. The number of nitrogens with zero attached hydrogens (tertiary/aromatic N) is 3. The van der Waals surface area contributed by atoms with Gasteiger partial charge in [0, 0.05) is 52.8 Å². The minimum Gasteiger partial charge on any atom is -0.345 e. The fourth-order valence-electron chi connectivity index (χ4n) is 3.79. The molecule has 0 amide bonds. The number of hydrogen-bond donors (Lipinski definition) is 2. The lowest BCUT2D eigenvalue weighted by Gasteiger charge is -2.14. The number of ketones is 1. The van der Waals surface area contributed by atoms with Crippen molar-refractivity contribution in [3.63, 3.8) is 0 Å². The molecule has 3 heterocycles. The van der Waals surface area contributed by atoms with Crippen LogP contribution in [0, 0.1) is 5.82 Å². The highest BCUT2D eigenvalue weighted by Gasteiger charge is 2.27. The van der Waals surface area contributed by atoms with Gasteiger partial charge in [-0.2, -0.15) is 0 Å². The molecule has 180 valence electrons. The Morgan fingerprint density at radius 2 is 1.86 bits per heavy atom. The number of halogens is 1. The number of aromatic nitrogens is 4. The van der Waals surface area contributed by atoms with Crippen LogP contribution in [0.1, 0.15) is 60.8 Å². The summed E-state index contributed by atoms with van der Waals surface area (Å²) in [4.78, 5) is 29.6. The Morgan fingerprint density at radius 3 is 2.54 bits per heavy atom. The molecule has 35 heavy (non-hydrogen) atoms. The van der Waals surface area contributed by atoms with Gasteiger partial charge in [-0.15, -0.1) is 0 Å². The first-order valence-corrected chi connectivity index (χ1v) is 13.0. The minimum atomic E-state index is -3.79. The van der Waals surface area contributed by atoms with Crippen molar-refractivity contribution in [3.8, 4) is 11.1 Å². The maximum atomic E-state index is 15.3. The van der Waals surface area contributed by atoms with E-state index < -0.39 is 26.9 Å². The maximum Gasteiger partial charge on any atom is 0.235 e. The number of carbonyl (C=O) groups is 1. The summed E-state index contributed by atoms with van der Waals surface area (Å²) in [6.45, 7) is 3.27. The number of rotatable bonds is 8. The highest BCUT2D eigenvalue weighted by molar-refractivity contribution is 7.93. The predicted molar refractivity (Wildman–Crippen MR) is 131 cm³/mol. The van der Waals surface area contributed by atoms with Gasteiger partial charge < -0.3 is 4.98 Å². The molecule has 0 radical (unpaired) electrons. The lowest BCUT2D eigenvalue weighted by Crippen LogP contribution is -2.25. The lowest BCUT2D eigenvalue weighted by molar-refractivity contribution is 0.103. The molecule has 1 atom stereocenters. The summed E-state index contributed by atoms with van der Waals surface area (Å²) in [6.07, 6.45) is 9.21. The van der Waals surface area contributed by atoms with Gasteiger partial charge in [0.2, 0.25) is 10.0 Å². The van der Waals surface area contributed by atoms with E-state index in [9.17, 15) is 13.2 Å². The standard InChI is InChI=1S/C25H24FN5O3S/c1-3-14(2)35(33,34)31-21-6-4-5-18(22(21)26)23(32)20-13-30-25-19(20)9-16(10-29-25)17-11-27-24(28-12-17)15-7-8-15/h4-6,9-15,31H,3,7-8H2,1-2H3,(H,29,30). The van der Waals surface area contributed by atoms with Crippen LogP contribution in [0.2, 0.25) is 0 Å². The smallest absolute Gasteiger partial charge is 0.235 e. The second kappa shape index (κ2) is 8.84. The van der Waals surface area contributed by atoms with Crippen molar-refractivity contribution >= 4 is 32.5 Å². The number of sulfonamides is 1. The molecule has 0 saturated heterocycles. The van der Waals surface area contributed by atoms with E-state index in [1.54, 1.807) is 31.6 Å². The molecule has 1 aromatic carbocycles. The van der Waals surface area contributed by atoms with Crippen LogP contribution < -0.4 is 4.72 Å². The molecule has 1 saturated carbocycles. The lowest BCUT2D eigenvalue weighted by atomic mass is 10.0. The first-order valence-electron chi connectivity index (χ1n) is 11.4. The molecule has 4 aromatic rings. The number of aromatic amines is 1. The third-order valence-corrected chi connectivity index (χ3v) is 8.22. The molecule has 0 bridgehead atoms. The Bertz CT molecular complexity index is 1530. The van der Waals surface area contributed by atoms with Gasteiger partial charge in [0.05, 0.1) is 16.5 Å². The molecule has 0 spiro atoms. The second-order valence-electron chi connectivity index (χ2n) is 8.79. The second-order valence-corrected chi connectivity index (χ2v) is 10.9. The Kier molecular flexibility index (Phi) is 5.84. The average Bonchev–Trinajstić information content (AvgIpc) is 3.63. The van der Waals surface area contributed by atoms with Gasteiger partial charge in [0.25, 0.3) is 0 Å². The molecular weight excluding hydrogens is 469 g/mol. The number of fused-ring (bicyclic) bond motifs is 1. The third-order valence-electron chi connectivity index (χ3n) is 6.32. The van der Waals surface area contributed by atoms with Crippen LogP contribution in [0.3, 0.4) is 0 Å². The van der Waals surface area contributed by atoms with E-state index >= 15 is 4.39 Å². The van der Waals surface area contributed by atoms with Crippen LogP contribution in [0.5, 0.6) is 0 Å². The fourth-order valence-corrected chi connectivity index (χ4v) is 4.90. The summed E-state index contributed by atoms with van der Waals surface area (Å²) in [5, 5.41) is -0.189. The molecule has 10 heteroatoms. The summed E-state index contributed by atoms with van der Waals surface area (Å²) in [5.41, 5.74) is 1.69. The monoisotopic (exact) mass is 493 g/mol. The Balaban J connectivity index is 1.49. The Hall–Kier alpha value is -3.66. The van der Waals surface area contributed by atoms with Gasteiger partial charge in [0.15, 0.2) is 11.6 Å². The topological polar surface area (TPSA) is 118 Å². The van der Waals surface area contributed by atoms with Crippen LogP contribution in [0.15, 0.2) is 49.1 Å². The number of pyridine rings is 1. The summed E-state index contributed by atoms with van der Waals surface area (Å²) >= 11 is 0. The van der Waals surface area contributed by atoms with Gasteiger partial charge in [-0.3, -0.25) is 9.52 Å². The summed E-state index contributed by atoms with van der Waals surface area (Å²) < 4.78 is 42.4. The average molecular weight is 494 g/mol. The predicted octanol–water partition coefficient (Wildman–Crippen LogP) is 4.81. The van der Waals surface area contributed by atoms with E-state index in [1.165, 1.54) is 31.3 Å². The number of hydrogen-bond acceptors (Lipinski definition) is 6. The highest BCUT2D eigenvalue weighted by Crippen LogP contribution is 2.38. The van der Waals surface area contributed by atoms with Gasteiger partial charge >= 0.3 is 0 Å². The molecule has 1 unspecified atom stereocenters. The molecule has 1 aliphatic rings. The van der Waals surface area contributed by atoms with E-state index in [0.717, 1.165) is 29.8 Å². The van der Waals surface area contributed by atoms with Crippen molar-refractivity contribution in [2.24, 2.45) is 0 Å². The number of benzene rings is 1. The number of carbonyl (C=O) groups excluding carboxylic acids is 1. The number of H-pyrrole nitrogens is 1. The molecule has 1 aliphatic carbocycles. The normalized spacial score (nSPS) is 14.7. The Morgan fingerprint density at radius 1 is 1.14 bits per heavy atom. The van der Waals surface area contributed by atoms with Crippen LogP contribution in [0.25, 0.3) is 22.2 Å². The van der Waals surface area contributed by atoms with Crippen LogP contribution >= 0.6 is 0 Å². The molecule has 5 rings (SSSR count). The molecule has 3 aromatic heterocycles. The van der Waals surface area contributed by atoms with E-state index in [2.05, 4.69) is 24.7 Å². The zero-order valence-electron chi connectivity index (χ0n) is 19.2. The van der Waals surface area contributed by atoms with Crippen molar-refractivity contribution in [2.75, 3.05) is 4.72 Å². The van der Waals surface area contributed by atoms with Crippen LogP contribution in [-0.2, 0) is 10.0 Å². The molecule has 0 aliphatic heterocycles. The Labute approximate surface area is 202 Å². The summed E-state index contributed by atoms with van der Waals surface area (Å²) in [6, 6.07) is 5.86.